The van der Waals surface area contributed by atoms with Crippen LogP contribution in [-0.4, -0.2) is 5.11 Å². The molecule has 3 N–H and O–H groups in total. The van der Waals surface area contributed by atoms with Gasteiger partial charge in [0.2, 0.25) is 0 Å². The molecule has 0 heterocycles. The van der Waals surface area contributed by atoms with Gasteiger partial charge in [-0.25, -0.2) is 0 Å². The van der Waals surface area contributed by atoms with Gasteiger partial charge in [0.05, 0.1) is 3.57 Å². The molecule has 1 aromatic rings. The molecule has 0 bridgehead atoms. The average molecular weight is 263 g/mol. The summed E-state index contributed by atoms with van der Waals surface area (Å²) in [7, 11) is 0. The lowest BCUT2D eigenvalue weighted by Crippen LogP contribution is -1.99. The molecule has 0 radical (unpaired) electrons. The van der Waals surface area contributed by atoms with Gasteiger partial charge in [0.15, 0.2) is 0 Å². The summed E-state index contributed by atoms with van der Waals surface area (Å²) in [5, 5.41) is 9.27. The maximum absolute atomic E-state index is 9.27. The third-order valence-corrected chi connectivity index (χ3v) is 2.49. The zero-order chi connectivity index (χ0) is 8.43. The van der Waals surface area contributed by atoms with Crippen LogP contribution in [0.2, 0.25) is 0 Å². The third-order valence-electron chi connectivity index (χ3n) is 1.63. The lowest BCUT2D eigenvalue weighted by molar-refractivity contribution is 0.470. The predicted octanol–water partition coefficient (Wildman–Crippen LogP) is 1.76. The number of aromatic hydroxyl groups is 1. The molecule has 1 aromatic carbocycles. The maximum Gasteiger partial charge on any atom is 0.129 e. The van der Waals surface area contributed by atoms with Crippen LogP contribution in [0.4, 0.5) is 0 Å². The zero-order valence-electron chi connectivity index (χ0n) is 6.26. The number of aryl methyl sites for hydroxylation is 1. The summed E-state index contributed by atoms with van der Waals surface area (Å²) < 4.78 is 0.855. The average Bonchev–Trinajstić information content (AvgIpc) is 1.97. The number of phenols is 1. The van der Waals surface area contributed by atoms with Gasteiger partial charge in [-0.05, 0) is 52.8 Å². The number of benzene rings is 1. The molecular formula is C8H10INO. The maximum atomic E-state index is 9.27. The summed E-state index contributed by atoms with van der Waals surface area (Å²) in [5.74, 6) is 0.334. The summed E-state index contributed by atoms with van der Waals surface area (Å²) in [4.78, 5) is 0. The molecule has 0 aliphatic rings. The fourth-order valence-corrected chi connectivity index (χ4v) is 1.46. The molecule has 11 heavy (non-hydrogen) atoms. The standard InChI is InChI=1S/C8H10INO/c1-5-2-8(11)7(9)3-6(5)4-10/h2-3,11H,4,10H2,1H3. The van der Waals surface area contributed by atoms with E-state index in [0.29, 0.717) is 12.3 Å². The number of nitrogens with two attached hydrogens (primary N) is 1. The van der Waals surface area contributed by atoms with Crippen molar-refractivity contribution in [2.24, 2.45) is 5.73 Å². The first-order chi connectivity index (χ1) is 5.15. The van der Waals surface area contributed by atoms with E-state index in [-0.39, 0.29) is 0 Å². The minimum absolute atomic E-state index is 0.334. The van der Waals surface area contributed by atoms with Gasteiger partial charge < -0.3 is 10.8 Å². The monoisotopic (exact) mass is 263 g/mol. The largest absolute Gasteiger partial charge is 0.507 e. The van der Waals surface area contributed by atoms with E-state index in [9.17, 15) is 5.11 Å². The third kappa shape index (κ3) is 1.84. The Morgan fingerprint density at radius 3 is 2.73 bits per heavy atom. The van der Waals surface area contributed by atoms with Crippen molar-refractivity contribution in [3.05, 3.63) is 26.8 Å². The molecule has 0 saturated heterocycles. The molecular weight excluding hydrogens is 253 g/mol. The van der Waals surface area contributed by atoms with Crippen molar-refractivity contribution in [2.45, 2.75) is 13.5 Å². The highest BCUT2D eigenvalue weighted by molar-refractivity contribution is 14.1. The molecule has 60 valence electrons. The molecule has 1 rings (SSSR count). The quantitative estimate of drug-likeness (QED) is 0.758. The molecule has 0 atom stereocenters. The fraction of sp³-hybridized carbons (Fsp3) is 0.250. The zero-order valence-corrected chi connectivity index (χ0v) is 8.42. The normalized spacial score (nSPS) is 10.1. The van der Waals surface area contributed by atoms with Crippen molar-refractivity contribution >= 4 is 22.6 Å². The second-order valence-corrected chi connectivity index (χ2v) is 3.60. The lowest BCUT2D eigenvalue weighted by atomic mass is 10.1. The van der Waals surface area contributed by atoms with E-state index in [1.165, 1.54) is 0 Å². The van der Waals surface area contributed by atoms with Gasteiger partial charge in [-0.3, -0.25) is 0 Å². The summed E-state index contributed by atoms with van der Waals surface area (Å²) in [6, 6.07) is 3.65. The molecule has 0 aromatic heterocycles. The van der Waals surface area contributed by atoms with Crippen molar-refractivity contribution < 1.29 is 5.11 Å². The summed E-state index contributed by atoms with van der Waals surface area (Å²) in [6.45, 7) is 2.47. The Morgan fingerprint density at radius 2 is 2.18 bits per heavy atom. The highest BCUT2D eigenvalue weighted by Gasteiger charge is 2.01. The molecule has 0 amide bonds. The van der Waals surface area contributed by atoms with E-state index in [1.54, 1.807) is 6.07 Å². The van der Waals surface area contributed by atoms with Crippen LogP contribution in [0, 0.1) is 10.5 Å². The highest BCUT2D eigenvalue weighted by Crippen LogP contribution is 2.23. The van der Waals surface area contributed by atoms with E-state index in [4.69, 9.17) is 5.73 Å². The second-order valence-electron chi connectivity index (χ2n) is 2.43. The summed E-state index contributed by atoms with van der Waals surface area (Å²) >= 11 is 2.08. The molecule has 0 fully saturated rings. The van der Waals surface area contributed by atoms with Gasteiger partial charge in [-0.15, -0.1) is 0 Å². The van der Waals surface area contributed by atoms with Gasteiger partial charge in [0.25, 0.3) is 0 Å². The van der Waals surface area contributed by atoms with Gasteiger partial charge in [0.1, 0.15) is 5.75 Å². The fourth-order valence-electron chi connectivity index (χ4n) is 0.927. The first-order valence-electron chi connectivity index (χ1n) is 3.33. The molecule has 0 spiro atoms. The Labute approximate surface area is 79.6 Å². The second kappa shape index (κ2) is 3.40. The molecule has 0 aliphatic heterocycles. The van der Waals surface area contributed by atoms with Crippen molar-refractivity contribution in [3.8, 4) is 5.75 Å². The SMILES string of the molecule is Cc1cc(O)c(I)cc1CN. The first kappa shape index (κ1) is 8.80. The molecule has 2 nitrogen and oxygen atoms in total. The van der Waals surface area contributed by atoms with Crippen LogP contribution in [0.25, 0.3) is 0 Å². The van der Waals surface area contributed by atoms with E-state index < -0.39 is 0 Å². The van der Waals surface area contributed by atoms with Crippen molar-refractivity contribution in [1.82, 2.24) is 0 Å². The smallest absolute Gasteiger partial charge is 0.129 e. The number of rotatable bonds is 1. The minimum Gasteiger partial charge on any atom is -0.507 e. The predicted molar refractivity (Wildman–Crippen MR) is 53.5 cm³/mol. The minimum atomic E-state index is 0.334. The Balaban J connectivity index is 3.21. The van der Waals surface area contributed by atoms with E-state index >= 15 is 0 Å². The van der Waals surface area contributed by atoms with Crippen LogP contribution in [0.1, 0.15) is 11.1 Å². The number of phenolic OH excluding ortho intramolecular Hbond substituents is 1. The van der Waals surface area contributed by atoms with Crippen LogP contribution >= 0.6 is 22.6 Å². The van der Waals surface area contributed by atoms with Gasteiger partial charge in [0, 0.05) is 6.54 Å². The van der Waals surface area contributed by atoms with Crippen LogP contribution < -0.4 is 5.73 Å². The Hall–Kier alpha value is -0.290. The number of hydrogen-bond acceptors (Lipinski definition) is 2. The van der Waals surface area contributed by atoms with Crippen LogP contribution in [0.3, 0.4) is 0 Å². The topological polar surface area (TPSA) is 46.2 Å². The van der Waals surface area contributed by atoms with E-state index in [2.05, 4.69) is 22.6 Å². The summed E-state index contributed by atoms with van der Waals surface area (Å²) in [5.41, 5.74) is 7.62. The Morgan fingerprint density at radius 1 is 1.55 bits per heavy atom. The van der Waals surface area contributed by atoms with Gasteiger partial charge >= 0.3 is 0 Å². The Kier molecular flexibility index (Phi) is 2.72. The molecule has 0 unspecified atom stereocenters. The Bertz CT molecular complexity index is 273. The highest BCUT2D eigenvalue weighted by atomic mass is 127. The van der Waals surface area contributed by atoms with Crippen molar-refractivity contribution in [1.29, 1.82) is 0 Å². The lowest BCUT2D eigenvalue weighted by Gasteiger charge is -2.04. The van der Waals surface area contributed by atoms with Crippen LogP contribution in [-0.2, 0) is 6.54 Å². The molecule has 0 aliphatic carbocycles. The molecule has 0 saturated carbocycles. The first-order valence-corrected chi connectivity index (χ1v) is 4.41. The van der Waals surface area contributed by atoms with E-state index in [0.717, 1.165) is 14.7 Å². The van der Waals surface area contributed by atoms with Crippen LogP contribution in [0.15, 0.2) is 12.1 Å². The van der Waals surface area contributed by atoms with Crippen LogP contribution in [0.5, 0.6) is 5.75 Å². The molecule has 3 heteroatoms. The van der Waals surface area contributed by atoms with Gasteiger partial charge in [-0.1, -0.05) is 0 Å². The van der Waals surface area contributed by atoms with E-state index in [1.807, 2.05) is 13.0 Å². The van der Waals surface area contributed by atoms with Gasteiger partial charge in [-0.2, -0.15) is 0 Å². The van der Waals surface area contributed by atoms with Crippen molar-refractivity contribution in [3.63, 3.8) is 0 Å². The summed E-state index contributed by atoms with van der Waals surface area (Å²) in [6.07, 6.45) is 0. The number of halogens is 1. The number of hydrogen-bond donors (Lipinski definition) is 2. The van der Waals surface area contributed by atoms with Crippen molar-refractivity contribution in [2.75, 3.05) is 0 Å².